The van der Waals surface area contributed by atoms with Crippen LogP contribution < -0.4 is 4.90 Å². The maximum atomic E-state index is 2.50. The van der Waals surface area contributed by atoms with Gasteiger partial charge < -0.3 is 4.90 Å². The summed E-state index contributed by atoms with van der Waals surface area (Å²) >= 11 is 0. The topological polar surface area (TPSA) is 3.24 Å². The van der Waals surface area contributed by atoms with Crippen molar-refractivity contribution < 1.29 is 0 Å². The van der Waals surface area contributed by atoms with Gasteiger partial charge in [-0.05, 0) is 128 Å². The van der Waals surface area contributed by atoms with Crippen LogP contribution >= 0.6 is 0 Å². The zero-order chi connectivity index (χ0) is 37.3. The number of anilines is 3. The van der Waals surface area contributed by atoms with E-state index in [4.69, 9.17) is 0 Å². The van der Waals surface area contributed by atoms with Gasteiger partial charge in [-0.15, -0.1) is 0 Å². The third-order valence-electron chi connectivity index (χ3n) is 11.6. The number of allylic oxidation sites excluding steroid dienone is 4. The molecule has 1 heteroatoms. The van der Waals surface area contributed by atoms with E-state index in [1.54, 1.807) is 0 Å². The van der Waals surface area contributed by atoms with Crippen molar-refractivity contribution >= 4 is 22.6 Å². The summed E-state index contributed by atoms with van der Waals surface area (Å²) < 4.78 is 0. The van der Waals surface area contributed by atoms with E-state index in [2.05, 4.69) is 229 Å². The predicted molar refractivity (Wildman–Crippen MR) is 236 cm³/mol. The van der Waals surface area contributed by atoms with E-state index in [1.807, 2.05) is 0 Å². The van der Waals surface area contributed by atoms with Crippen LogP contribution in [0.15, 0.2) is 224 Å². The van der Waals surface area contributed by atoms with Gasteiger partial charge in [0.25, 0.3) is 0 Å². The average molecular weight is 716 g/mol. The zero-order valence-electron chi connectivity index (χ0n) is 31.2. The van der Waals surface area contributed by atoms with E-state index < -0.39 is 5.41 Å². The Kier molecular flexibility index (Phi) is 8.61. The van der Waals surface area contributed by atoms with Crippen molar-refractivity contribution in [3.8, 4) is 33.4 Å². The van der Waals surface area contributed by atoms with E-state index >= 15 is 0 Å². The summed E-state index contributed by atoms with van der Waals surface area (Å²) in [6.45, 7) is 0. The lowest BCUT2D eigenvalue weighted by molar-refractivity contribution is 0.768. The molecule has 0 radical (unpaired) electrons. The zero-order valence-corrected chi connectivity index (χ0v) is 31.2. The molecule has 0 aliphatic heterocycles. The van der Waals surface area contributed by atoms with Gasteiger partial charge in [-0.3, -0.25) is 0 Å². The summed E-state index contributed by atoms with van der Waals surface area (Å²) in [5.74, 6) is 0. The molecule has 1 atom stereocenters. The smallest absolute Gasteiger partial charge is 0.0714 e. The Morgan fingerprint density at radius 2 is 0.946 bits per heavy atom. The normalized spacial score (nSPS) is 15.5. The third kappa shape index (κ3) is 5.72. The Bertz CT molecular complexity index is 2690. The van der Waals surface area contributed by atoms with Crippen LogP contribution in [0.3, 0.4) is 0 Å². The van der Waals surface area contributed by atoms with Gasteiger partial charge in [-0.2, -0.15) is 0 Å². The van der Waals surface area contributed by atoms with E-state index in [0.717, 1.165) is 29.9 Å². The van der Waals surface area contributed by atoms with Gasteiger partial charge in [0.05, 0.1) is 5.41 Å². The van der Waals surface area contributed by atoms with Crippen LogP contribution in [0.25, 0.3) is 39.0 Å². The first kappa shape index (κ1) is 33.6. The minimum atomic E-state index is -0.570. The van der Waals surface area contributed by atoms with Crippen molar-refractivity contribution in [3.63, 3.8) is 0 Å². The minimum Gasteiger partial charge on any atom is -0.310 e. The number of fused-ring (bicyclic) bond motifs is 3. The molecule has 10 rings (SSSR count). The molecule has 0 saturated heterocycles. The first-order valence-electron chi connectivity index (χ1n) is 19.7. The number of benzene rings is 8. The second-order valence-electron chi connectivity index (χ2n) is 14.7. The second kappa shape index (κ2) is 14.4. The summed E-state index contributed by atoms with van der Waals surface area (Å²) in [7, 11) is 0. The molecule has 56 heavy (non-hydrogen) atoms. The van der Waals surface area contributed by atoms with Gasteiger partial charge in [0, 0.05) is 17.1 Å². The van der Waals surface area contributed by atoms with Crippen molar-refractivity contribution in [1.29, 1.82) is 0 Å². The molecule has 8 aromatic rings. The molecule has 0 spiro atoms. The van der Waals surface area contributed by atoms with Crippen molar-refractivity contribution in [2.24, 2.45) is 0 Å². The van der Waals surface area contributed by atoms with Gasteiger partial charge in [0.2, 0.25) is 0 Å². The molecule has 0 fully saturated rings. The maximum absolute atomic E-state index is 2.50. The summed E-state index contributed by atoms with van der Waals surface area (Å²) in [6, 6.07) is 75.8. The minimum absolute atomic E-state index is 0.570. The van der Waals surface area contributed by atoms with Gasteiger partial charge in [0.15, 0.2) is 0 Å². The van der Waals surface area contributed by atoms with Gasteiger partial charge in [-0.1, -0.05) is 176 Å². The molecular weight excluding hydrogens is 675 g/mol. The number of hydrogen-bond acceptors (Lipinski definition) is 1. The number of nitrogens with zero attached hydrogens (tertiary/aromatic N) is 1. The molecule has 266 valence electrons. The highest BCUT2D eigenvalue weighted by molar-refractivity contribution is 5.93. The van der Waals surface area contributed by atoms with Gasteiger partial charge in [-0.25, -0.2) is 0 Å². The standard InChI is InChI=1S/C55H41N/c1-6-19-40(20-7-1)42-33-35-49(41-21-8-2-9-22-41)52(37-42)43-34-36-51-50-31-16-17-32-53(50)55(54(51)38-43,44-23-10-3-11-24-44)45-25-18-30-48(39-45)56(46-26-12-4-13-27-46)47-28-14-5-15-29-47/h1,3-8,10-39H,2,9H2. The average Bonchev–Trinajstić information content (AvgIpc) is 3.58. The van der Waals surface area contributed by atoms with E-state index in [1.165, 1.54) is 66.8 Å². The van der Waals surface area contributed by atoms with Crippen LogP contribution in [0.2, 0.25) is 0 Å². The molecule has 0 N–H and O–H groups in total. The summed E-state index contributed by atoms with van der Waals surface area (Å²) in [4.78, 5) is 2.37. The predicted octanol–water partition coefficient (Wildman–Crippen LogP) is 14.6. The summed E-state index contributed by atoms with van der Waals surface area (Å²) in [5, 5.41) is 0. The van der Waals surface area contributed by atoms with Gasteiger partial charge in [0.1, 0.15) is 0 Å². The SMILES string of the molecule is C1=CC(c2ccc(-c3ccccc3)cc2-c2ccc3c(c2)C(c2ccccc2)(c2cccc(N(c4ccccc4)c4ccccc4)c2)c2ccccc2-3)=CCC1. The Balaban J connectivity index is 1.24. The number of hydrogen-bond donors (Lipinski definition) is 0. The Hall–Kier alpha value is -6.96. The first-order chi connectivity index (χ1) is 27.8. The quantitative estimate of drug-likeness (QED) is 0.151. The van der Waals surface area contributed by atoms with Crippen LogP contribution in [-0.4, -0.2) is 0 Å². The molecule has 0 amide bonds. The Morgan fingerprint density at radius 1 is 0.357 bits per heavy atom. The molecule has 0 heterocycles. The fourth-order valence-electron chi connectivity index (χ4n) is 9.06. The molecular formula is C55H41N. The second-order valence-corrected chi connectivity index (χ2v) is 14.7. The lowest BCUT2D eigenvalue weighted by Crippen LogP contribution is -2.29. The van der Waals surface area contributed by atoms with Crippen molar-refractivity contribution in [2.75, 3.05) is 4.90 Å². The highest BCUT2D eigenvalue weighted by Crippen LogP contribution is 2.57. The van der Waals surface area contributed by atoms with Crippen LogP contribution in [0.4, 0.5) is 17.1 Å². The van der Waals surface area contributed by atoms with Crippen LogP contribution in [0.1, 0.15) is 40.7 Å². The summed E-state index contributed by atoms with van der Waals surface area (Å²) in [6.07, 6.45) is 9.16. The molecule has 1 nitrogen and oxygen atoms in total. The highest BCUT2D eigenvalue weighted by Gasteiger charge is 2.46. The van der Waals surface area contributed by atoms with Crippen molar-refractivity contribution in [3.05, 3.63) is 252 Å². The van der Waals surface area contributed by atoms with Crippen molar-refractivity contribution in [2.45, 2.75) is 18.3 Å². The summed E-state index contributed by atoms with van der Waals surface area (Å²) in [5.41, 5.74) is 17.9. The maximum Gasteiger partial charge on any atom is 0.0714 e. The number of para-hydroxylation sites is 2. The number of rotatable bonds is 8. The fourth-order valence-corrected chi connectivity index (χ4v) is 9.06. The Morgan fingerprint density at radius 3 is 1.66 bits per heavy atom. The highest BCUT2D eigenvalue weighted by atomic mass is 15.1. The molecule has 8 aromatic carbocycles. The van der Waals surface area contributed by atoms with E-state index in [9.17, 15) is 0 Å². The van der Waals surface area contributed by atoms with Crippen LogP contribution in [-0.2, 0) is 5.41 Å². The van der Waals surface area contributed by atoms with E-state index in [-0.39, 0.29) is 0 Å². The van der Waals surface area contributed by atoms with E-state index in [0.29, 0.717) is 0 Å². The lowest BCUT2D eigenvalue weighted by Gasteiger charge is -2.35. The monoisotopic (exact) mass is 715 g/mol. The van der Waals surface area contributed by atoms with Crippen LogP contribution in [0.5, 0.6) is 0 Å². The van der Waals surface area contributed by atoms with Crippen LogP contribution in [0, 0.1) is 0 Å². The largest absolute Gasteiger partial charge is 0.310 e. The lowest BCUT2D eigenvalue weighted by atomic mass is 9.67. The Labute approximate surface area is 330 Å². The molecule has 1 unspecified atom stereocenters. The molecule has 0 saturated carbocycles. The third-order valence-corrected chi connectivity index (χ3v) is 11.6. The molecule has 0 aromatic heterocycles. The molecule has 2 aliphatic rings. The first-order valence-corrected chi connectivity index (χ1v) is 19.7. The fraction of sp³-hybridized carbons (Fsp3) is 0.0545. The molecule has 0 bridgehead atoms. The molecule has 2 aliphatic carbocycles. The van der Waals surface area contributed by atoms with Gasteiger partial charge >= 0.3 is 0 Å². The van der Waals surface area contributed by atoms with Crippen molar-refractivity contribution in [1.82, 2.24) is 0 Å².